The number of nitrogens with zero attached hydrogens (tertiary/aromatic N) is 6. The van der Waals surface area contributed by atoms with Crippen LogP contribution in [0.1, 0.15) is 0 Å². The van der Waals surface area contributed by atoms with Crippen LogP contribution < -0.4 is 19.6 Å². The molecule has 2 aromatic heterocycles. The van der Waals surface area contributed by atoms with Gasteiger partial charge in [0.05, 0.1) is 27.8 Å². The lowest BCUT2D eigenvalue weighted by molar-refractivity contribution is 1.18. The van der Waals surface area contributed by atoms with E-state index < -0.39 is 0 Å². The molecular weight excluding hydrogens is 1720 g/mol. The van der Waals surface area contributed by atoms with Crippen molar-refractivity contribution < 1.29 is 0 Å². The largest absolute Gasteiger partial charge is 0.311 e. The summed E-state index contributed by atoms with van der Waals surface area (Å²) in [5, 5.41) is 22.5. The molecule has 27 aromatic rings. The molecule has 0 spiro atoms. The van der Waals surface area contributed by atoms with Gasteiger partial charge in [0.25, 0.3) is 0 Å². The lowest BCUT2D eigenvalue weighted by Crippen LogP contribution is -2.10. The van der Waals surface area contributed by atoms with E-state index in [1.165, 1.54) is 141 Å². The number of aromatic nitrogens is 2. The molecule has 27 rings (SSSR count). The monoisotopic (exact) mass is 1810 g/mol. The van der Waals surface area contributed by atoms with Crippen LogP contribution in [0.25, 0.3) is 175 Å². The van der Waals surface area contributed by atoms with Crippen molar-refractivity contribution in [1.82, 2.24) is 9.13 Å². The lowest BCUT2D eigenvalue weighted by Gasteiger charge is -2.27. The van der Waals surface area contributed by atoms with Gasteiger partial charge >= 0.3 is 0 Å². The molecule has 0 saturated heterocycles. The van der Waals surface area contributed by atoms with Crippen molar-refractivity contribution in [2.75, 3.05) is 19.6 Å². The van der Waals surface area contributed by atoms with Gasteiger partial charge in [-0.05, 0) is 315 Å². The molecule has 0 amide bonds. The molecule has 6 nitrogen and oxygen atoms in total. The van der Waals surface area contributed by atoms with Gasteiger partial charge in [0.1, 0.15) is 0 Å². The number of hydrogen-bond acceptors (Lipinski definition) is 4. The highest BCUT2D eigenvalue weighted by Crippen LogP contribution is 2.49. The first-order valence-electron chi connectivity index (χ1n) is 48.7. The Hall–Kier alpha value is -18.9. The second kappa shape index (κ2) is 36.0. The molecular formula is C136H92N6. The maximum Gasteiger partial charge on any atom is 0.0541 e. The van der Waals surface area contributed by atoms with E-state index in [0.29, 0.717) is 0 Å². The Morgan fingerprint density at radius 1 is 0.113 bits per heavy atom. The predicted octanol–water partition coefficient (Wildman–Crippen LogP) is 38.2. The zero-order chi connectivity index (χ0) is 93.9. The van der Waals surface area contributed by atoms with E-state index in [1.807, 2.05) is 0 Å². The highest BCUT2D eigenvalue weighted by Gasteiger charge is 2.25. The molecule has 0 bridgehead atoms. The molecule has 25 aromatic carbocycles. The molecule has 0 atom stereocenters. The summed E-state index contributed by atoms with van der Waals surface area (Å²) in [7, 11) is 0. The Bertz CT molecular complexity index is 9300. The summed E-state index contributed by atoms with van der Waals surface area (Å²) >= 11 is 0. The summed E-state index contributed by atoms with van der Waals surface area (Å²) in [5.41, 5.74) is 29.8. The van der Waals surface area contributed by atoms with Crippen LogP contribution in [0.4, 0.5) is 68.2 Å². The van der Waals surface area contributed by atoms with Gasteiger partial charge in [-0.15, -0.1) is 0 Å². The Labute approximate surface area is 824 Å². The van der Waals surface area contributed by atoms with Gasteiger partial charge in [-0.1, -0.05) is 358 Å². The summed E-state index contributed by atoms with van der Waals surface area (Å²) in [6, 6.07) is 203. The molecule has 0 saturated carbocycles. The fourth-order valence-corrected chi connectivity index (χ4v) is 21.8. The van der Waals surface area contributed by atoms with Gasteiger partial charge in [-0.25, -0.2) is 0 Å². The number of anilines is 12. The van der Waals surface area contributed by atoms with Crippen molar-refractivity contribution >= 4 is 187 Å². The van der Waals surface area contributed by atoms with Crippen molar-refractivity contribution in [2.45, 2.75) is 0 Å². The number of hydrogen-bond donors (Lipinski definition) is 0. The van der Waals surface area contributed by atoms with Crippen molar-refractivity contribution in [3.8, 4) is 55.9 Å². The minimum atomic E-state index is 1.08. The fraction of sp³-hybridized carbons (Fsp3) is 0. The third-order valence-electron chi connectivity index (χ3n) is 28.5. The molecule has 0 aliphatic rings. The van der Waals surface area contributed by atoms with Crippen LogP contribution >= 0.6 is 0 Å². The van der Waals surface area contributed by atoms with Crippen LogP contribution in [0.3, 0.4) is 0 Å². The SMILES string of the molecule is c1ccc(N(c2ccc(-c3ccc(N(c4ccc(-c5ccc6c(c5)c5ccccc5n6-c5ccccc5)cc4)c4ccc5c6ccccc6c6ccccc6c5c4)cc3)cc2)c2cccc3ccccc23)cc1.c1ccc(N(c2ccccc2)c2ccc(-c3ccc(N(c4ccc(-c5ccc6c(c5)c5ccccc5n6-c5ccccc5)cc4)c4ccc5c6ccccc6c6ccccc6c5c4)cc3)cc2)cc1. The van der Waals surface area contributed by atoms with Crippen molar-refractivity contribution in [3.05, 3.63) is 558 Å². The second-order valence-corrected chi connectivity index (χ2v) is 36.6. The second-order valence-electron chi connectivity index (χ2n) is 36.6. The van der Waals surface area contributed by atoms with Crippen molar-refractivity contribution in [1.29, 1.82) is 0 Å². The van der Waals surface area contributed by atoms with Crippen molar-refractivity contribution in [2.24, 2.45) is 0 Å². The summed E-state index contributed by atoms with van der Waals surface area (Å²) in [4.78, 5) is 9.46. The van der Waals surface area contributed by atoms with Gasteiger partial charge in [0.2, 0.25) is 0 Å². The highest BCUT2D eigenvalue weighted by atomic mass is 15.2. The van der Waals surface area contributed by atoms with Crippen LogP contribution in [0, 0.1) is 0 Å². The van der Waals surface area contributed by atoms with E-state index in [2.05, 4.69) is 587 Å². The van der Waals surface area contributed by atoms with Gasteiger partial charge < -0.3 is 28.7 Å². The average molecular weight is 1810 g/mol. The molecule has 6 heteroatoms. The number of fused-ring (bicyclic) bond motifs is 19. The van der Waals surface area contributed by atoms with E-state index in [-0.39, 0.29) is 0 Å². The van der Waals surface area contributed by atoms with Gasteiger partial charge in [-0.3, -0.25) is 0 Å². The van der Waals surface area contributed by atoms with E-state index in [1.54, 1.807) is 0 Å². The molecule has 0 radical (unpaired) electrons. The maximum absolute atomic E-state index is 2.40. The summed E-state index contributed by atoms with van der Waals surface area (Å²) in [6.07, 6.45) is 0. The van der Waals surface area contributed by atoms with Gasteiger partial charge in [-0.2, -0.15) is 0 Å². The molecule has 0 aliphatic carbocycles. The van der Waals surface area contributed by atoms with E-state index >= 15 is 0 Å². The van der Waals surface area contributed by atoms with Crippen molar-refractivity contribution in [3.63, 3.8) is 0 Å². The summed E-state index contributed by atoms with van der Waals surface area (Å²) < 4.78 is 4.75. The van der Waals surface area contributed by atoms with Gasteiger partial charge in [0, 0.05) is 101 Å². The minimum absolute atomic E-state index is 1.08. The zero-order valence-corrected chi connectivity index (χ0v) is 77.8. The van der Waals surface area contributed by atoms with Crippen LogP contribution in [0.5, 0.6) is 0 Å². The third-order valence-corrected chi connectivity index (χ3v) is 28.5. The number of para-hydroxylation sites is 7. The van der Waals surface area contributed by atoms with Crippen LogP contribution in [0.2, 0.25) is 0 Å². The molecule has 0 unspecified atom stereocenters. The van der Waals surface area contributed by atoms with E-state index in [9.17, 15) is 0 Å². The smallest absolute Gasteiger partial charge is 0.0541 e. The predicted molar refractivity (Wildman–Crippen MR) is 605 cm³/mol. The zero-order valence-electron chi connectivity index (χ0n) is 77.8. The van der Waals surface area contributed by atoms with E-state index in [0.717, 1.165) is 102 Å². The molecule has 0 N–H and O–H groups in total. The minimum Gasteiger partial charge on any atom is -0.311 e. The Morgan fingerprint density at radius 3 is 0.669 bits per heavy atom. The quantitative estimate of drug-likeness (QED) is 0.0799. The Balaban J connectivity index is 0.000000146. The normalized spacial score (nSPS) is 11.5. The van der Waals surface area contributed by atoms with Crippen LogP contribution in [0.15, 0.2) is 558 Å². The van der Waals surface area contributed by atoms with Gasteiger partial charge in [0.15, 0.2) is 0 Å². The number of benzene rings is 25. The molecule has 0 fully saturated rings. The molecule has 142 heavy (non-hydrogen) atoms. The average Bonchev–Trinajstić information content (AvgIpc) is 0.909. The topological polar surface area (TPSA) is 22.8 Å². The Morgan fingerprint density at radius 2 is 0.331 bits per heavy atom. The highest BCUT2D eigenvalue weighted by molar-refractivity contribution is 6.27. The summed E-state index contributed by atoms with van der Waals surface area (Å²) in [5.74, 6) is 0. The van der Waals surface area contributed by atoms with E-state index in [4.69, 9.17) is 0 Å². The first kappa shape index (κ1) is 83.7. The summed E-state index contributed by atoms with van der Waals surface area (Å²) in [6.45, 7) is 0. The number of rotatable bonds is 18. The first-order valence-corrected chi connectivity index (χ1v) is 48.7. The fourth-order valence-electron chi connectivity index (χ4n) is 21.8. The third kappa shape index (κ3) is 15.1. The first-order chi connectivity index (χ1) is 70.4. The molecule has 666 valence electrons. The van der Waals surface area contributed by atoms with Crippen LogP contribution in [-0.2, 0) is 0 Å². The Kier molecular flexibility index (Phi) is 21.2. The maximum atomic E-state index is 2.40. The lowest BCUT2D eigenvalue weighted by atomic mass is 9.94. The molecule has 0 aliphatic heterocycles. The molecule has 2 heterocycles. The van der Waals surface area contributed by atoms with Crippen LogP contribution in [-0.4, -0.2) is 9.13 Å². The standard InChI is InChI=1S/C70H47N3.C66H45N3/c1-3-18-53(19-4-1)72(68-29-15-17-51-16-7-8-22-59(51)68)57-41-32-49(33-42-57)48-30-37-55(38-31-48)71(58-43-44-64-62-25-10-9-23-60(62)61-24-11-12-26-63(61)66(64)47-58)56-39-34-50(35-40-56)52-36-45-70-67(46-52)65-27-13-14-28-69(65)73(70)54-20-5-2-6-21-54;1-4-16-50(17-5-1)67(51-18-6-2-7-19-51)53-35-28-46(29-36-53)47-30-37-54(38-31-47)68(56-41-42-61-59-24-11-10-22-57(59)58-23-12-13-25-60(58)63(61)45-56)55-39-32-48(33-40-55)49-34-43-66-64(44-49)62-26-14-15-27-65(62)69(66)52-20-8-3-9-21-52/h1-47H;1-45H.